The second kappa shape index (κ2) is 3.57. The molecule has 1 heterocycles. The fourth-order valence-electron chi connectivity index (χ4n) is 1.64. The van der Waals surface area contributed by atoms with Gasteiger partial charge in [-0.3, -0.25) is 4.21 Å². The molecule has 0 saturated carbocycles. The Hall–Kier alpha value is -0.710. The summed E-state index contributed by atoms with van der Waals surface area (Å²) in [5.41, 5.74) is 2.03. The Morgan fingerprint density at radius 1 is 1.46 bits per heavy atom. The van der Waals surface area contributed by atoms with Crippen LogP contribution in [0.5, 0.6) is 0 Å². The summed E-state index contributed by atoms with van der Waals surface area (Å²) in [6.07, 6.45) is 0.907. The van der Waals surface area contributed by atoms with Crippen molar-refractivity contribution in [2.24, 2.45) is 0 Å². The van der Waals surface area contributed by atoms with Gasteiger partial charge < -0.3 is 9.87 Å². The summed E-state index contributed by atoms with van der Waals surface area (Å²) >= 11 is -2.07. The molecule has 1 aromatic rings. The van der Waals surface area contributed by atoms with Crippen LogP contribution in [0.15, 0.2) is 24.3 Å². The van der Waals surface area contributed by atoms with Crippen molar-refractivity contribution in [3.63, 3.8) is 0 Å². The maximum absolute atomic E-state index is 10.9. The Morgan fingerprint density at radius 2 is 2.23 bits per heavy atom. The molecule has 0 bridgehead atoms. The van der Waals surface area contributed by atoms with Gasteiger partial charge in [-0.05, 0) is 28.6 Å². The van der Waals surface area contributed by atoms with E-state index >= 15 is 0 Å². The summed E-state index contributed by atoms with van der Waals surface area (Å²) in [5.74, 6) is 0. The molecule has 1 aliphatic rings. The fourth-order valence-corrected chi connectivity index (χ4v) is 2.33. The van der Waals surface area contributed by atoms with E-state index < -0.39 is 16.5 Å². The highest BCUT2D eigenvalue weighted by Gasteiger charge is 2.18. The van der Waals surface area contributed by atoms with Gasteiger partial charge in [0.05, 0.1) is 5.37 Å². The summed E-state index contributed by atoms with van der Waals surface area (Å²) in [5, 5.41) is 2.44. The molecule has 0 fully saturated rings. The Balaban J connectivity index is 2.42. The van der Waals surface area contributed by atoms with E-state index in [-0.39, 0.29) is 0 Å². The van der Waals surface area contributed by atoms with Gasteiger partial charge in [-0.25, -0.2) is 0 Å². The average Bonchev–Trinajstić information content (AvgIpc) is 2.17. The molecular formula is C9H10NO2S-. The molecule has 1 aromatic carbocycles. The van der Waals surface area contributed by atoms with Crippen molar-refractivity contribution in [3.05, 3.63) is 35.4 Å². The van der Waals surface area contributed by atoms with Gasteiger partial charge in [-0.1, -0.05) is 24.3 Å². The summed E-state index contributed by atoms with van der Waals surface area (Å²) in [4.78, 5) is 0. The van der Waals surface area contributed by atoms with Crippen molar-refractivity contribution in [3.8, 4) is 0 Å². The second-order valence-electron chi connectivity index (χ2n) is 3.04. The fraction of sp³-hybridized carbons (Fsp3) is 0.333. The minimum absolute atomic E-state index is 0.523. The van der Waals surface area contributed by atoms with Crippen LogP contribution in [-0.2, 0) is 17.5 Å². The standard InChI is InChI=1S/C9H11NO2S/c11-13(12)9-8-4-2-1-3-7(8)5-6-10-9/h1-4,9-10H,5-6H2,(H,11,12)/p-1. The highest BCUT2D eigenvalue weighted by molar-refractivity contribution is 7.79. The lowest BCUT2D eigenvalue weighted by molar-refractivity contribution is 0.497. The van der Waals surface area contributed by atoms with Crippen LogP contribution in [-0.4, -0.2) is 15.3 Å². The number of nitrogens with one attached hydrogen (secondary N) is 1. The molecule has 3 nitrogen and oxygen atoms in total. The molecule has 1 aliphatic heterocycles. The topological polar surface area (TPSA) is 52.2 Å². The highest BCUT2D eigenvalue weighted by Crippen LogP contribution is 2.23. The first-order chi connectivity index (χ1) is 6.29. The van der Waals surface area contributed by atoms with Crippen LogP contribution in [0.4, 0.5) is 0 Å². The minimum Gasteiger partial charge on any atom is -0.771 e. The van der Waals surface area contributed by atoms with Gasteiger partial charge >= 0.3 is 0 Å². The van der Waals surface area contributed by atoms with Crippen molar-refractivity contribution in [1.29, 1.82) is 0 Å². The molecule has 2 rings (SSSR count). The molecule has 0 aromatic heterocycles. The molecule has 0 amide bonds. The first kappa shape index (κ1) is 8.87. The molecule has 1 N–H and O–H groups in total. The molecule has 4 heteroatoms. The van der Waals surface area contributed by atoms with Gasteiger partial charge in [0.1, 0.15) is 0 Å². The van der Waals surface area contributed by atoms with E-state index in [1.54, 1.807) is 0 Å². The third kappa shape index (κ3) is 1.65. The molecule has 70 valence electrons. The van der Waals surface area contributed by atoms with E-state index in [2.05, 4.69) is 5.32 Å². The number of fused-ring (bicyclic) bond motifs is 1. The third-order valence-electron chi connectivity index (χ3n) is 2.25. The Morgan fingerprint density at radius 3 is 3.00 bits per heavy atom. The van der Waals surface area contributed by atoms with Crippen molar-refractivity contribution >= 4 is 11.1 Å². The normalized spacial score (nSPS) is 23.6. The molecule has 0 saturated heterocycles. The summed E-state index contributed by atoms with van der Waals surface area (Å²) < 4.78 is 21.7. The minimum atomic E-state index is -2.07. The van der Waals surface area contributed by atoms with Gasteiger partial charge in [0, 0.05) is 6.54 Å². The third-order valence-corrected chi connectivity index (χ3v) is 3.06. The number of hydrogen-bond acceptors (Lipinski definition) is 3. The zero-order chi connectivity index (χ0) is 9.26. The first-order valence-corrected chi connectivity index (χ1v) is 5.32. The lowest BCUT2D eigenvalue weighted by Gasteiger charge is -2.28. The van der Waals surface area contributed by atoms with Gasteiger partial charge in [-0.15, -0.1) is 0 Å². The van der Waals surface area contributed by atoms with Crippen LogP contribution in [0, 0.1) is 0 Å². The van der Waals surface area contributed by atoms with Gasteiger partial charge in [0.15, 0.2) is 0 Å². The van der Waals surface area contributed by atoms with Crippen LogP contribution < -0.4 is 5.32 Å². The van der Waals surface area contributed by atoms with Crippen molar-refractivity contribution in [2.45, 2.75) is 11.8 Å². The zero-order valence-electron chi connectivity index (χ0n) is 7.03. The molecule has 0 spiro atoms. The van der Waals surface area contributed by atoms with Crippen molar-refractivity contribution in [1.82, 2.24) is 5.32 Å². The van der Waals surface area contributed by atoms with Crippen LogP contribution in [0.3, 0.4) is 0 Å². The van der Waals surface area contributed by atoms with Crippen LogP contribution in [0.2, 0.25) is 0 Å². The predicted octanol–water partition coefficient (Wildman–Crippen LogP) is 0.710. The van der Waals surface area contributed by atoms with E-state index in [4.69, 9.17) is 0 Å². The number of hydrogen-bond donors (Lipinski definition) is 1. The predicted molar refractivity (Wildman–Crippen MR) is 49.8 cm³/mol. The summed E-state index contributed by atoms with van der Waals surface area (Å²) in [7, 11) is 0. The van der Waals surface area contributed by atoms with Gasteiger partial charge in [0.25, 0.3) is 0 Å². The van der Waals surface area contributed by atoms with Crippen molar-refractivity contribution in [2.75, 3.05) is 6.54 Å². The van der Waals surface area contributed by atoms with Crippen molar-refractivity contribution < 1.29 is 8.76 Å². The average molecular weight is 196 g/mol. The van der Waals surface area contributed by atoms with Crippen LogP contribution in [0.25, 0.3) is 0 Å². The maximum Gasteiger partial charge on any atom is 0.0960 e. The molecular weight excluding hydrogens is 186 g/mol. The van der Waals surface area contributed by atoms with E-state index in [0.717, 1.165) is 24.1 Å². The lowest BCUT2D eigenvalue weighted by Crippen LogP contribution is -2.32. The SMILES string of the molecule is O=S([O-])C1NCCc2ccccc21. The lowest BCUT2D eigenvalue weighted by atomic mass is 10.0. The van der Waals surface area contributed by atoms with E-state index in [1.807, 2.05) is 24.3 Å². The first-order valence-electron chi connectivity index (χ1n) is 4.18. The number of rotatable bonds is 1. The van der Waals surface area contributed by atoms with Gasteiger partial charge in [0.2, 0.25) is 0 Å². The van der Waals surface area contributed by atoms with E-state index in [0.29, 0.717) is 0 Å². The zero-order valence-corrected chi connectivity index (χ0v) is 7.84. The van der Waals surface area contributed by atoms with E-state index in [1.165, 1.54) is 0 Å². The van der Waals surface area contributed by atoms with Crippen LogP contribution >= 0.6 is 0 Å². The summed E-state index contributed by atoms with van der Waals surface area (Å²) in [6.45, 7) is 0.732. The smallest absolute Gasteiger partial charge is 0.0960 e. The molecule has 13 heavy (non-hydrogen) atoms. The maximum atomic E-state index is 10.9. The number of benzene rings is 1. The van der Waals surface area contributed by atoms with Gasteiger partial charge in [-0.2, -0.15) is 0 Å². The van der Waals surface area contributed by atoms with Crippen LogP contribution in [0.1, 0.15) is 16.5 Å². The molecule has 0 aliphatic carbocycles. The monoisotopic (exact) mass is 196 g/mol. The largest absolute Gasteiger partial charge is 0.771 e. The molecule has 2 atom stereocenters. The Labute approximate surface area is 79.4 Å². The van der Waals surface area contributed by atoms with E-state index in [9.17, 15) is 8.76 Å². The quantitative estimate of drug-likeness (QED) is 0.673. The Kier molecular flexibility index (Phi) is 2.44. The molecule has 2 unspecified atom stereocenters. The second-order valence-corrected chi connectivity index (χ2v) is 4.04. The highest BCUT2D eigenvalue weighted by atomic mass is 32.2. The Bertz CT molecular complexity index is 340. The summed E-state index contributed by atoms with van der Waals surface area (Å²) in [6, 6.07) is 7.65. The molecule has 0 radical (unpaired) electrons.